The Labute approximate surface area is 211 Å². The van der Waals surface area contributed by atoms with Gasteiger partial charge in [0.25, 0.3) is 5.91 Å². The van der Waals surface area contributed by atoms with E-state index in [1.165, 1.54) is 5.56 Å². The van der Waals surface area contributed by atoms with Crippen LogP contribution in [0.15, 0.2) is 36.4 Å². The number of rotatable bonds is 5. The van der Waals surface area contributed by atoms with E-state index in [0.717, 1.165) is 65.4 Å². The number of primary amides is 1. The van der Waals surface area contributed by atoms with Crippen LogP contribution in [0.1, 0.15) is 74.1 Å². The van der Waals surface area contributed by atoms with Crippen molar-refractivity contribution in [1.82, 2.24) is 14.9 Å². The highest BCUT2D eigenvalue weighted by Gasteiger charge is 2.29. The van der Waals surface area contributed by atoms with Gasteiger partial charge in [0, 0.05) is 49.5 Å². The number of H-pyrrole nitrogens is 1. The molecule has 2 aliphatic rings. The van der Waals surface area contributed by atoms with Crippen LogP contribution in [0.3, 0.4) is 0 Å². The third-order valence-corrected chi connectivity index (χ3v) is 7.77. The van der Waals surface area contributed by atoms with E-state index in [4.69, 9.17) is 16.0 Å². The fourth-order valence-corrected chi connectivity index (χ4v) is 5.59. The lowest BCUT2D eigenvalue weighted by atomic mass is 9.88. The number of amides is 2. The summed E-state index contributed by atoms with van der Waals surface area (Å²) < 4.78 is 0. The van der Waals surface area contributed by atoms with Gasteiger partial charge in [-0.15, -0.1) is 0 Å². The minimum Gasteiger partial charge on any atom is -0.369 e. The summed E-state index contributed by atoms with van der Waals surface area (Å²) in [5, 5.41) is 9.02. The van der Waals surface area contributed by atoms with E-state index in [-0.39, 0.29) is 17.7 Å². The molecule has 1 aliphatic carbocycles. The predicted molar refractivity (Wildman–Crippen MR) is 136 cm³/mol. The average Bonchev–Trinajstić information content (AvgIpc) is 3.45. The van der Waals surface area contributed by atoms with Gasteiger partial charge in [0.1, 0.15) is 5.82 Å². The van der Waals surface area contributed by atoms with E-state index < -0.39 is 0 Å². The molecular formula is C29H31N5O2. The van der Waals surface area contributed by atoms with Crippen LogP contribution >= 0.6 is 0 Å². The van der Waals surface area contributed by atoms with Gasteiger partial charge in [0.2, 0.25) is 5.91 Å². The van der Waals surface area contributed by atoms with Crippen molar-refractivity contribution in [3.63, 3.8) is 0 Å². The normalized spacial score (nSPS) is 16.1. The lowest BCUT2D eigenvalue weighted by Gasteiger charge is -2.33. The number of imidazole rings is 1. The molecule has 0 spiro atoms. The van der Waals surface area contributed by atoms with E-state index in [2.05, 4.69) is 24.0 Å². The van der Waals surface area contributed by atoms with Crippen LogP contribution in [0.25, 0.3) is 0 Å². The lowest BCUT2D eigenvalue weighted by molar-refractivity contribution is -0.121. The number of benzene rings is 2. The van der Waals surface area contributed by atoms with Crippen LogP contribution in [0.4, 0.5) is 0 Å². The molecule has 1 saturated heterocycles. The number of aryl methyl sites for hydroxylation is 2. The minimum absolute atomic E-state index is 0.0817. The summed E-state index contributed by atoms with van der Waals surface area (Å²) in [5.74, 6) is 0.905. The van der Waals surface area contributed by atoms with Gasteiger partial charge in [-0.1, -0.05) is 18.2 Å². The second kappa shape index (κ2) is 9.62. The first-order valence-electron chi connectivity index (χ1n) is 12.6. The van der Waals surface area contributed by atoms with Crippen molar-refractivity contribution in [1.29, 1.82) is 5.26 Å². The summed E-state index contributed by atoms with van der Waals surface area (Å²) in [6, 6.07) is 14.1. The molecule has 184 valence electrons. The Morgan fingerprint density at radius 3 is 2.47 bits per heavy atom. The number of aromatic amines is 1. The molecule has 1 aromatic heterocycles. The standard InChI is InChI=1S/C29H31N5O2/c1-17-11-18(2)24(12-22(17)15-27-32-25-13-23(28(31)35)14-26(25)33-27)29(36)34-9-7-21(8-10-34)20-5-3-19(16-30)4-6-20/h3-6,11-12,21,23H,7-10,13-15H2,1-2H3,(H2,31,35)(H,32,33). The molecule has 0 saturated carbocycles. The third kappa shape index (κ3) is 4.64. The van der Waals surface area contributed by atoms with Gasteiger partial charge in [0.15, 0.2) is 0 Å². The van der Waals surface area contributed by atoms with E-state index >= 15 is 0 Å². The second-order valence-corrected chi connectivity index (χ2v) is 10.2. The summed E-state index contributed by atoms with van der Waals surface area (Å²) in [4.78, 5) is 35.1. The molecule has 0 radical (unpaired) electrons. The average molecular weight is 482 g/mol. The van der Waals surface area contributed by atoms with Gasteiger partial charge in [-0.25, -0.2) is 4.98 Å². The molecule has 1 atom stereocenters. The number of fused-ring (bicyclic) bond motifs is 1. The predicted octanol–water partition coefficient (Wildman–Crippen LogP) is 3.71. The first kappa shape index (κ1) is 23.8. The fourth-order valence-electron chi connectivity index (χ4n) is 5.59. The Hall–Kier alpha value is -3.92. The van der Waals surface area contributed by atoms with Crippen LogP contribution in [0.5, 0.6) is 0 Å². The molecule has 2 amide bonds. The highest BCUT2D eigenvalue weighted by atomic mass is 16.2. The van der Waals surface area contributed by atoms with Gasteiger partial charge >= 0.3 is 0 Å². The number of carbonyl (C=O) groups is 2. The minimum atomic E-state index is -0.276. The Kier molecular flexibility index (Phi) is 6.36. The monoisotopic (exact) mass is 481 g/mol. The number of nitrogens with two attached hydrogens (primary N) is 1. The van der Waals surface area contributed by atoms with Gasteiger partial charge in [-0.2, -0.15) is 5.26 Å². The molecule has 36 heavy (non-hydrogen) atoms. The van der Waals surface area contributed by atoms with Crippen molar-refractivity contribution in [2.24, 2.45) is 11.7 Å². The zero-order valence-electron chi connectivity index (χ0n) is 20.8. The SMILES string of the molecule is Cc1cc(C)c(C(=O)N2CCC(c3ccc(C#N)cc3)CC2)cc1Cc1nc2c([nH]1)CC(C(N)=O)C2. The lowest BCUT2D eigenvalue weighted by Crippen LogP contribution is -2.38. The highest BCUT2D eigenvalue weighted by Crippen LogP contribution is 2.30. The number of carbonyl (C=O) groups excluding carboxylic acids is 2. The van der Waals surface area contributed by atoms with Gasteiger partial charge in [0.05, 0.1) is 17.3 Å². The molecule has 2 aromatic carbocycles. The van der Waals surface area contributed by atoms with Crippen LogP contribution in [-0.4, -0.2) is 39.8 Å². The number of aromatic nitrogens is 2. The molecule has 3 aromatic rings. The smallest absolute Gasteiger partial charge is 0.254 e. The van der Waals surface area contributed by atoms with Crippen molar-refractivity contribution < 1.29 is 9.59 Å². The molecule has 0 bridgehead atoms. The quantitative estimate of drug-likeness (QED) is 0.578. The van der Waals surface area contributed by atoms with Crippen LogP contribution < -0.4 is 5.73 Å². The zero-order chi connectivity index (χ0) is 25.4. The Bertz CT molecular complexity index is 1330. The number of nitrogens with one attached hydrogen (secondary N) is 1. The Morgan fingerprint density at radius 2 is 1.83 bits per heavy atom. The van der Waals surface area contributed by atoms with E-state index in [0.29, 0.717) is 30.7 Å². The van der Waals surface area contributed by atoms with E-state index in [1.807, 2.05) is 42.2 Å². The summed E-state index contributed by atoms with van der Waals surface area (Å²) in [7, 11) is 0. The number of hydrogen-bond donors (Lipinski definition) is 2. The molecule has 2 heterocycles. The van der Waals surface area contributed by atoms with E-state index in [1.54, 1.807) is 0 Å². The molecule has 1 aliphatic heterocycles. The largest absolute Gasteiger partial charge is 0.369 e. The molecule has 7 heteroatoms. The summed E-state index contributed by atoms with van der Waals surface area (Å²) in [5.41, 5.74) is 13.3. The maximum atomic E-state index is 13.5. The van der Waals surface area contributed by atoms with Gasteiger partial charge in [-0.05, 0) is 73.1 Å². The number of likely N-dealkylation sites (tertiary alicyclic amines) is 1. The second-order valence-electron chi connectivity index (χ2n) is 10.2. The van der Waals surface area contributed by atoms with Crippen molar-refractivity contribution in [3.8, 4) is 6.07 Å². The number of nitriles is 1. The first-order valence-corrected chi connectivity index (χ1v) is 12.6. The summed E-state index contributed by atoms with van der Waals surface area (Å²) in [6.45, 7) is 5.51. The van der Waals surface area contributed by atoms with Crippen molar-refractivity contribution >= 4 is 11.8 Å². The van der Waals surface area contributed by atoms with E-state index in [9.17, 15) is 9.59 Å². The maximum absolute atomic E-state index is 13.5. The summed E-state index contributed by atoms with van der Waals surface area (Å²) >= 11 is 0. The Morgan fingerprint density at radius 1 is 1.11 bits per heavy atom. The summed E-state index contributed by atoms with van der Waals surface area (Å²) in [6.07, 6.45) is 3.66. The van der Waals surface area contributed by atoms with Crippen LogP contribution in [0, 0.1) is 31.1 Å². The highest BCUT2D eigenvalue weighted by molar-refractivity contribution is 5.96. The first-order chi connectivity index (χ1) is 17.3. The molecule has 1 unspecified atom stereocenters. The third-order valence-electron chi connectivity index (χ3n) is 7.77. The van der Waals surface area contributed by atoms with Crippen LogP contribution in [-0.2, 0) is 24.1 Å². The van der Waals surface area contributed by atoms with Gasteiger partial charge < -0.3 is 15.6 Å². The molecule has 1 fully saturated rings. The van der Waals surface area contributed by atoms with Gasteiger partial charge in [-0.3, -0.25) is 9.59 Å². The number of hydrogen-bond acceptors (Lipinski definition) is 4. The maximum Gasteiger partial charge on any atom is 0.254 e. The van der Waals surface area contributed by atoms with Crippen LogP contribution in [0.2, 0.25) is 0 Å². The topological polar surface area (TPSA) is 116 Å². The van der Waals surface area contributed by atoms with Crippen molar-refractivity contribution in [2.45, 2.75) is 51.9 Å². The molecule has 3 N–H and O–H groups in total. The van der Waals surface area contributed by atoms with Crippen molar-refractivity contribution in [2.75, 3.05) is 13.1 Å². The fraction of sp³-hybridized carbons (Fsp3) is 0.379. The number of nitrogens with zero attached hydrogens (tertiary/aromatic N) is 3. The Balaban J connectivity index is 1.27. The zero-order valence-corrected chi connectivity index (χ0v) is 20.8. The molecular weight excluding hydrogens is 450 g/mol. The number of piperidine rings is 1. The molecule has 7 nitrogen and oxygen atoms in total. The van der Waals surface area contributed by atoms with Crippen molar-refractivity contribution in [3.05, 3.63) is 87.0 Å². The molecule has 5 rings (SSSR count).